The van der Waals surface area contributed by atoms with Crippen molar-refractivity contribution in [3.05, 3.63) is 53.1 Å². The Balaban J connectivity index is 2.90. The van der Waals surface area contributed by atoms with Gasteiger partial charge in [0.15, 0.2) is 5.03 Å². The van der Waals surface area contributed by atoms with Gasteiger partial charge in [0, 0.05) is 6.08 Å². The first kappa shape index (κ1) is 12.7. The molecule has 0 aromatic heterocycles. The summed E-state index contributed by atoms with van der Waals surface area (Å²) < 4.78 is 4.80. The smallest absolute Gasteiger partial charge is 0.332 e. The lowest BCUT2D eigenvalue weighted by Crippen LogP contribution is -2.40. The van der Waals surface area contributed by atoms with Crippen LogP contribution >= 0.6 is 0 Å². The molecule has 0 aliphatic carbocycles. The number of esters is 1. The van der Waals surface area contributed by atoms with Crippen LogP contribution in [0.5, 0.6) is 0 Å². The first-order chi connectivity index (χ1) is 8.06. The Bertz CT molecular complexity index is 419. The molecular weight excluding hydrogens is 224 g/mol. The van der Waals surface area contributed by atoms with Crippen LogP contribution in [0.15, 0.2) is 43.0 Å². The molecule has 0 aliphatic heterocycles. The maximum Gasteiger partial charge on any atom is 0.332 e. The molecule has 0 heterocycles. The number of hydrogen-bond acceptors (Lipinski definition) is 4. The second-order valence-corrected chi connectivity index (χ2v) is 3.16. The summed E-state index contributed by atoms with van der Waals surface area (Å²) in [7, 11) is 0. The van der Waals surface area contributed by atoms with E-state index in [1.54, 1.807) is 30.3 Å². The summed E-state index contributed by atoms with van der Waals surface area (Å²) in [6, 6.07) is 8.17. The van der Waals surface area contributed by atoms with Crippen LogP contribution in [0.4, 0.5) is 5.69 Å². The van der Waals surface area contributed by atoms with Gasteiger partial charge in [-0.3, -0.25) is 0 Å². The lowest BCUT2D eigenvalue weighted by Gasteiger charge is -2.20. The fourth-order valence-corrected chi connectivity index (χ4v) is 1.28. The van der Waals surface area contributed by atoms with Crippen molar-refractivity contribution in [1.82, 2.24) is 0 Å². The van der Waals surface area contributed by atoms with E-state index in [1.807, 2.05) is 0 Å². The molecule has 6 nitrogen and oxygen atoms in total. The minimum absolute atomic E-state index is 0.335. The summed E-state index contributed by atoms with van der Waals surface area (Å²) in [4.78, 5) is 21.9. The molecule has 1 atom stereocenters. The minimum atomic E-state index is -1.02. The number of nitro groups is 1. The lowest BCUT2D eigenvalue weighted by molar-refractivity contribution is -0.507. The SMILES string of the molecule is C=CC(=O)OC(C)N(c1ccccc1)[N+](=O)[O-]. The second kappa shape index (κ2) is 5.64. The first-order valence-corrected chi connectivity index (χ1v) is 4.88. The summed E-state index contributed by atoms with van der Waals surface area (Å²) >= 11 is 0. The molecule has 1 unspecified atom stereocenters. The largest absolute Gasteiger partial charge is 0.433 e. The fraction of sp³-hybridized carbons (Fsp3) is 0.182. The predicted molar refractivity (Wildman–Crippen MR) is 61.7 cm³/mol. The standard InChI is InChI=1S/C11H12N2O4/c1-3-11(14)17-9(2)12(13(15)16)10-7-5-4-6-8-10/h3-9H,1H2,2H3. The van der Waals surface area contributed by atoms with Crippen LogP contribution in [-0.4, -0.2) is 17.2 Å². The highest BCUT2D eigenvalue weighted by Gasteiger charge is 2.27. The predicted octanol–water partition coefficient (Wildman–Crippen LogP) is 1.76. The summed E-state index contributed by atoms with van der Waals surface area (Å²) in [5, 5.41) is 11.1. The zero-order chi connectivity index (χ0) is 12.8. The summed E-state index contributed by atoms with van der Waals surface area (Å²) in [5.74, 6) is -0.708. The van der Waals surface area contributed by atoms with Crippen LogP contribution in [0, 0.1) is 10.1 Å². The van der Waals surface area contributed by atoms with Gasteiger partial charge in [0.05, 0.1) is 0 Å². The summed E-state index contributed by atoms with van der Waals surface area (Å²) in [5.41, 5.74) is 0.335. The van der Waals surface area contributed by atoms with Gasteiger partial charge in [-0.25, -0.2) is 14.9 Å². The molecule has 0 radical (unpaired) electrons. The van der Waals surface area contributed by atoms with Gasteiger partial charge in [-0.2, -0.15) is 0 Å². The van der Waals surface area contributed by atoms with E-state index in [4.69, 9.17) is 4.74 Å². The number of ether oxygens (including phenoxy) is 1. The third-order valence-corrected chi connectivity index (χ3v) is 1.99. The van der Waals surface area contributed by atoms with E-state index in [2.05, 4.69) is 6.58 Å². The van der Waals surface area contributed by atoms with E-state index in [1.165, 1.54) is 6.92 Å². The molecule has 0 fully saturated rings. The molecule has 0 spiro atoms. The van der Waals surface area contributed by atoms with E-state index in [-0.39, 0.29) is 0 Å². The number of nitrogens with zero attached hydrogens (tertiary/aromatic N) is 2. The third-order valence-electron chi connectivity index (χ3n) is 1.99. The van der Waals surface area contributed by atoms with E-state index in [0.717, 1.165) is 11.1 Å². The molecule has 0 saturated heterocycles. The Morgan fingerprint density at radius 3 is 2.59 bits per heavy atom. The average Bonchev–Trinajstić information content (AvgIpc) is 2.29. The van der Waals surface area contributed by atoms with Crippen LogP contribution in [-0.2, 0) is 9.53 Å². The molecule has 1 rings (SSSR count). The second-order valence-electron chi connectivity index (χ2n) is 3.16. The fourth-order valence-electron chi connectivity index (χ4n) is 1.28. The monoisotopic (exact) mass is 236 g/mol. The van der Waals surface area contributed by atoms with Crippen LogP contribution in [0.25, 0.3) is 0 Å². The van der Waals surface area contributed by atoms with Gasteiger partial charge < -0.3 is 4.74 Å². The van der Waals surface area contributed by atoms with E-state index in [0.29, 0.717) is 5.69 Å². The lowest BCUT2D eigenvalue weighted by atomic mass is 10.3. The maximum absolute atomic E-state index is 11.0. The Labute approximate surface area is 98.2 Å². The number of rotatable bonds is 5. The van der Waals surface area contributed by atoms with Crippen molar-refractivity contribution in [1.29, 1.82) is 0 Å². The molecule has 0 saturated carbocycles. The van der Waals surface area contributed by atoms with E-state index in [9.17, 15) is 14.9 Å². The van der Waals surface area contributed by atoms with Crippen LogP contribution in [0.1, 0.15) is 6.92 Å². The van der Waals surface area contributed by atoms with Crippen molar-refractivity contribution in [3.63, 3.8) is 0 Å². The van der Waals surface area contributed by atoms with Gasteiger partial charge in [-0.05, 0) is 19.1 Å². The van der Waals surface area contributed by atoms with Crippen molar-refractivity contribution in [2.75, 3.05) is 5.01 Å². The molecular formula is C11H12N2O4. The van der Waals surface area contributed by atoms with Crippen molar-refractivity contribution in [2.45, 2.75) is 13.2 Å². The summed E-state index contributed by atoms with van der Waals surface area (Å²) in [6.07, 6.45) is -0.0579. The highest BCUT2D eigenvalue weighted by molar-refractivity contribution is 5.81. The topological polar surface area (TPSA) is 72.7 Å². The number of hydrazine groups is 1. The first-order valence-electron chi connectivity index (χ1n) is 4.88. The van der Waals surface area contributed by atoms with Gasteiger partial charge in [-0.1, -0.05) is 29.8 Å². The molecule has 1 aromatic carbocycles. The van der Waals surface area contributed by atoms with Crippen molar-refractivity contribution in [2.24, 2.45) is 0 Å². The molecule has 0 N–H and O–H groups in total. The Kier molecular flexibility index (Phi) is 4.21. The molecule has 0 aliphatic rings. The van der Waals surface area contributed by atoms with Crippen LogP contribution < -0.4 is 5.01 Å². The summed E-state index contributed by atoms with van der Waals surface area (Å²) in [6.45, 7) is 4.64. The van der Waals surface area contributed by atoms with Crippen LogP contribution in [0.3, 0.4) is 0 Å². The van der Waals surface area contributed by atoms with Gasteiger partial charge in [0.25, 0.3) is 0 Å². The maximum atomic E-state index is 11.0. The molecule has 0 amide bonds. The Morgan fingerprint density at radius 1 is 1.53 bits per heavy atom. The quantitative estimate of drug-likeness (QED) is 0.256. The molecule has 17 heavy (non-hydrogen) atoms. The number of hydrogen-bond donors (Lipinski definition) is 0. The Hall–Kier alpha value is -2.37. The van der Waals surface area contributed by atoms with Gasteiger partial charge in [0.1, 0.15) is 5.69 Å². The number of anilines is 1. The zero-order valence-electron chi connectivity index (χ0n) is 9.28. The normalized spacial score (nSPS) is 11.4. The zero-order valence-corrected chi connectivity index (χ0v) is 9.28. The van der Waals surface area contributed by atoms with E-state index < -0.39 is 17.2 Å². The minimum Gasteiger partial charge on any atom is -0.433 e. The highest BCUT2D eigenvalue weighted by Crippen LogP contribution is 2.17. The number of benzene rings is 1. The molecule has 0 bridgehead atoms. The van der Waals surface area contributed by atoms with E-state index >= 15 is 0 Å². The van der Waals surface area contributed by atoms with Gasteiger partial charge in [-0.15, -0.1) is 0 Å². The van der Waals surface area contributed by atoms with Crippen molar-refractivity contribution < 1.29 is 14.6 Å². The van der Waals surface area contributed by atoms with Gasteiger partial charge in [0.2, 0.25) is 6.23 Å². The third kappa shape index (κ3) is 3.30. The highest BCUT2D eigenvalue weighted by atomic mass is 16.7. The molecule has 6 heteroatoms. The molecule has 90 valence electrons. The Morgan fingerprint density at radius 2 is 2.12 bits per heavy atom. The molecule has 1 aromatic rings. The van der Waals surface area contributed by atoms with Gasteiger partial charge >= 0.3 is 5.97 Å². The average molecular weight is 236 g/mol. The number of carbonyl (C=O) groups excluding carboxylic acids is 1. The number of carbonyl (C=O) groups is 1. The van der Waals surface area contributed by atoms with Crippen molar-refractivity contribution >= 4 is 11.7 Å². The number of para-hydroxylation sites is 1. The van der Waals surface area contributed by atoms with Crippen molar-refractivity contribution in [3.8, 4) is 0 Å². The van der Waals surface area contributed by atoms with Crippen LogP contribution in [0.2, 0.25) is 0 Å².